The molecule has 0 spiro atoms. The second kappa shape index (κ2) is 8.87. The minimum absolute atomic E-state index is 0.508. The Kier molecular flexibility index (Phi) is 6.52. The topological polar surface area (TPSA) is 37.7 Å². The van der Waals surface area contributed by atoms with Gasteiger partial charge in [-0.15, -0.1) is 0 Å². The maximum absolute atomic E-state index is 6.43. The minimum atomic E-state index is 0.508. The Morgan fingerprint density at radius 3 is 2.74 bits per heavy atom. The van der Waals surface area contributed by atoms with Crippen LogP contribution in [0.2, 0.25) is 5.02 Å². The molecule has 2 aromatic carbocycles. The smallest absolute Gasteiger partial charge is 0.215 e. The van der Waals surface area contributed by atoms with E-state index in [2.05, 4.69) is 32.2 Å². The molecule has 27 heavy (non-hydrogen) atoms. The van der Waals surface area contributed by atoms with E-state index in [1.165, 1.54) is 11.5 Å². The molecule has 0 aliphatic heterocycles. The molecule has 4 nitrogen and oxygen atoms in total. The van der Waals surface area contributed by atoms with Gasteiger partial charge in [-0.05, 0) is 47.5 Å². The number of rotatable bonds is 6. The predicted molar refractivity (Wildman–Crippen MR) is 118 cm³/mol. The monoisotopic (exact) mass is 463 g/mol. The van der Waals surface area contributed by atoms with Crippen LogP contribution in [-0.4, -0.2) is 29.2 Å². The zero-order chi connectivity index (χ0) is 19.4. The molecule has 0 amide bonds. The normalized spacial score (nSPS) is 11.1. The van der Waals surface area contributed by atoms with Crippen LogP contribution in [0, 0.1) is 6.92 Å². The Morgan fingerprint density at radius 1 is 1.30 bits per heavy atom. The summed E-state index contributed by atoms with van der Waals surface area (Å²) < 4.78 is 11.4. The molecule has 0 atom stereocenters. The number of nitrogens with zero attached hydrogens (tertiary/aromatic N) is 3. The van der Waals surface area contributed by atoms with E-state index < -0.39 is 0 Å². The van der Waals surface area contributed by atoms with Crippen LogP contribution < -0.4 is 4.74 Å². The van der Waals surface area contributed by atoms with Crippen molar-refractivity contribution in [2.45, 2.75) is 13.8 Å². The number of halogens is 2. The molecule has 3 rings (SSSR count). The SMILES string of the molecule is CCN(C)/C=N\c1cc(Cl)c(Oc2snc(-c3ccccc3)c2Br)cc1C. The molecule has 3 aromatic rings. The molecule has 0 unspecified atom stereocenters. The number of benzene rings is 2. The minimum Gasteiger partial charge on any atom is -0.442 e. The molecule has 140 valence electrons. The second-order valence-electron chi connectivity index (χ2n) is 5.99. The summed E-state index contributed by atoms with van der Waals surface area (Å²) in [7, 11) is 1.98. The third-order valence-corrected chi connectivity index (χ3v) is 6.02. The highest BCUT2D eigenvalue weighted by molar-refractivity contribution is 9.10. The van der Waals surface area contributed by atoms with E-state index in [4.69, 9.17) is 16.3 Å². The summed E-state index contributed by atoms with van der Waals surface area (Å²) in [4.78, 5) is 6.49. The van der Waals surface area contributed by atoms with Crippen LogP contribution in [0.5, 0.6) is 10.8 Å². The molecule has 1 aromatic heterocycles. The molecule has 7 heteroatoms. The molecule has 0 saturated heterocycles. The summed E-state index contributed by atoms with van der Waals surface area (Å²) in [6, 6.07) is 13.7. The molecule has 0 fully saturated rings. The van der Waals surface area contributed by atoms with Crippen LogP contribution in [0.4, 0.5) is 5.69 Å². The average Bonchev–Trinajstić information content (AvgIpc) is 3.04. The fourth-order valence-corrected chi connectivity index (χ4v) is 3.91. The number of aromatic nitrogens is 1. The van der Waals surface area contributed by atoms with Crippen LogP contribution in [0.25, 0.3) is 11.3 Å². The first-order valence-corrected chi connectivity index (χ1v) is 10.4. The van der Waals surface area contributed by atoms with Gasteiger partial charge in [0.15, 0.2) is 0 Å². The van der Waals surface area contributed by atoms with E-state index in [-0.39, 0.29) is 0 Å². The fourth-order valence-electron chi connectivity index (χ4n) is 2.31. The molecular weight excluding hydrogens is 446 g/mol. The first-order chi connectivity index (χ1) is 13.0. The summed E-state index contributed by atoms with van der Waals surface area (Å²) >= 11 is 11.3. The lowest BCUT2D eigenvalue weighted by molar-refractivity contribution is 0.494. The van der Waals surface area contributed by atoms with Crippen LogP contribution >= 0.6 is 39.1 Å². The lowest BCUT2D eigenvalue weighted by Crippen LogP contribution is -2.14. The van der Waals surface area contributed by atoms with Gasteiger partial charge in [0.25, 0.3) is 0 Å². The highest BCUT2D eigenvalue weighted by Crippen LogP contribution is 2.43. The number of ether oxygens (including phenoxy) is 1. The predicted octanol–water partition coefficient (Wildman–Crippen LogP) is 6.94. The second-order valence-corrected chi connectivity index (χ2v) is 7.92. The van der Waals surface area contributed by atoms with Gasteiger partial charge in [0, 0.05) is 30.7 Å². The van der Waals surface area contributed by atoms with Crippen molar-refractivity contribution >= 4 is 51.1 Å². The van der Waals surface area contributed by atoms with E-state index in [1.54, 1.807) is 6.34 Å². The van der Waals surface area contributed by atoms with Gasteiger partial charge in [0.2, 0.25) is 5.06 Å². The first-order valence-electron chi connectivity index (χ1n) is 8.42. The van der Waals surface area contributed by atoms with E-state index in [9.17, 15) is 0 Å². The number of aliphatic imine (C=N–C) groups is 1. The molecule has 0 N–H and O–H groups in total. The molecule has 0 aliphatic carbocycles. The van der Waals surface area contributed by atoms with Crippen LogP contribution in [0.1, 0.15) is 12.5 Å². The largest absolute Gasteiger partial charge is 0.442 e. The maximum Gasteiger partial charge on any atom is 0.215 e. The van der Waals surface area contributed by atoms with Gasteiger partial charge in [-0.3, -0.25) is 0 Å². The summed E-state index contributed by atoms with van der Waals surface area (Å²) in [5, 5.41) is 1.17. The summed E-state index contributed by atoms with van der Waals surface area (Å²) in [6.45, 7) is 4.94. The van der Waals surface area contributed by atoms with Gasteiger partial charge in [-0.25, -0.2) is 4.99 Å². The lowest BCUT2D eigenvalue weighted by Gasteiger charge is -2.11. The Balaban J connectivity index is 1.85. The maximum atomic E-state index is 6.43. The van der Waals surface area contributed by atoms with Crippen molar-refractivity contribution in [3.63, 3.8) is 0 Å². The Bertz CT molecular complexity index is 959. The zero-order valence-corrected chi connectivity index (χ0v) is 18.4. The van der Waals surface area contributed by atoms with Crippen molar-refractivity contribution in [2.24, 2.45) is 4.99 Å². The van der Waals surface area contributed by atoms with E-state index in [0.29, 0.717) is 15.8 Å². The molecule has 0 aliphatic rings. The summed E-state index contributed by atoms with van der Waals surface area (Å²) in [5.41, 5.74) is 3.69. The van der Waals surface area contributed by atoms with Gasteiger partial charge in [-0.1, -0.05) is 41.9 Å². The molecular formula is C20H19BrClN3OS. The lowest BCUT2D eigenvalue weighted by atomic mass is 10.1. The quantitative estimate of drug-likeness (QED) is 0.293. The average molecular weight is 465 g/mol. The Morgan fingerprint density at radius 2 is 2.04 bits per heavy atom. The van der Waals surface area contributed by atoms with Gasteiger partial charge in [0.1, 0.15) is 11.4 Å². The molecule has 0 bridgehead atoms. The first kappa shape index (κ1) is 19.9. The standard InChI is InChI=1S/C20H19BrClN3OS/c1-4-25(3)12-23-16-11-15(22)17(10-13(16)2)26-20-18(21)19(24-27-20)14-8-6-5-7-9-14/h5-12H,4H2,1-3H3/b23-12-. The van der Waals surface area contributed by atoms with E-state index >= 15 is 0 Å². The highest BCUT2D eigenvalue weighted by atomic mass is 79.9. The number of hydrogen-bond acceptors (Lipinski definition) is 4. The van der Waals surface area contributed by atoms with Crippen molar-refractivity contribution in [1.82, 2.24) is 9.27 Å². The van der Waals surface area contributed by atoms with Crippen LogP contribution in [0.15, 0.2) is 51.9 Å². The van der Waals surface area contributed by atoms with Crippen molar-refractivity contribution < 1.29 is 4.74 Å². The number of hydrogen-bond donors (Lipinski definition) is 0. The third kappa shape index (κ3) is 4.69. The fraction of sp³-hybridized carbons (Fsp3) is 0.200. The van der Waals surface area contributed by atoms with Gasteiger partial charge < -0.3 is 9.64 Å². The highest BCUT2D eigenvalue weighted by Gasteiger charge is 2.16. The van der Waals surface area contributed by atoms with Crippen LogP contribution in [0.3, 0.4) is 0 Å². The summed E-state index contributed by atoms with van der Waals surface area (Å²) in [5.74, 6) is 0.584. The molecule has 1 heterocycles. The van der Waals surface area contributed by atoms with E-state index in [1.807, 2.05) is 61.3 Å². The van der Waals surface area contributed by atoms with E-state index in [0.717, 1.165) is 33.5 Å². The molecule has 0 saturated carbocycles. The molecule has 0 radical (unpaired) electrons. The van der Waals surface area contributed by atoms with Crippen LogP contribution in [-0.2, 0) is 0 Å². The third-order valence-electron chi connectivity index (χ3n) is 4.00. The van der Waals surface area contributed by atoms with Crippen molar-refractivity contribution in [3.05, 3.63) is 57.5 Å². The van der Waals surface area contributed by atoms with Crippen molar-refractivity contribution in [3.8, 4) is 22.1 Å². The Hall–Kier alpha value is -1.89. The van der Waals surface area contributed by atoms with Gasteiger partial charge >= 0.3 is 0 Å². The Labute approximate surface area is 176 Å². The number of aryl methyl sites for hydroxylation is 1. The van der Waals surface area contributed by atoms with Gasteiger partial charge in [-0.2, -0.15) is 4.37 Å². The van der Waals surface area contributed by atoms with Crippen molar-refractivity contribution in [1.29, 1.82) is 0 Å². The summed E-state index contributed by atoms with van der Waals surface area (Å²) in [6.07, 6.45) is 1.80. The zero-order valence-electron chi connectivity index (χ0n) is 15.2. The van der Waals surface area contributed by atoms with Crippen molar-refractivity contribution in [2.75, 3.05) is 13.6 Å². The van der Waals surface area contributed by atoms with Gasteiger partial charge in [0.05, 0.1) is 21.5 Å².